The quantitative estimate of drug-likeness (QED) is 0.680. The van der Waals surface area contributed by atoms with E-state index in [0.717, 1.165) is 10.0 Å². The van der Waals surface area contributed by atoms with Crippen LogP contribution >= 0.6 is 43.5 Å². The fraction of sp³-hybridized carbons (Fsp3) is 0.188. The van der Waals surface area contributed by atoms with Crippen LogP contribution in [0.2, 0.25) is 5.02 Å². The molecule has 2 aromatic rings. The molecular formula is C16H14Br2ClNO. The van der Waals surface area contributed by atoms with Crippen LogP contribution in [0, 0.1) is 0 Å². The fourth-order valence-corrected chi connectivity index (χ4v) is 2.69. The van der Waals surface area contributed by atoms with Gasteiger partial charge >= 0.3 is 0 Å². The highest BCUT2D eigenvalue weighted by Gasteiger charge is 2.23. The zero-order valence-electron chi connectivity index (χ0n) is 11.6. The number of carbonyl (C=O) groups excluding carboxylic acids is 1. The third kappa shape index (κ3) is 4.09. The Balaban J connectivity index is 2.21. The van der Waals surface area contributed by atoms with Crippen molar-refractivity contribution in [3.05, 3.63) is 67.6 Å². The average molecular weight is 432 g/mol. The Kier molecular flexibility index (Phi) is 5.12. The summed E-state index contributed by atoms with van der Waals surface area (Å²) in [4.78, 5) is 12.4. The largest absolute Gasteiger partial charge is 0.343 e. The van der Waals surface area contributed by atoms with E-state index in [1.807, 2.05) is 38.1 Å². The summed E-state index contributed by atoms with van der Waals surface area (Å²) in [5.41, 5.74) is 1.13. The molecule has 0 aromatic heterocycles. The molecule has 0 aliphatic heterocycles. The van der Waals surface area contributed by atoms with Gasteiger partial charge in [-0.1, -0.05) is 39.7 Å². The Bertz CT molecular complexity index is 668. The maximum atomic E-state index is 12.4. The van der Waals surface area contributed by atoms with E-state index in [9.17, 15) is 4.79 Å². The molecule has 110 valence electrons. The molecular weight excluding hydrogens is 417 g/mol. The Morgan fingerprint density at radius 3 is 2.29 bits per heavy atom. The van der Waals surface area contributed by atoms with Crippen molar-refractivity contribution in [2.75, 3.05) is 0 Å². The SMILES string of the molecule is CC(C)(NC(=O)c1ccc(Cl)c(Br)c1)c1ccc(Br)cc1. The lowest BCUT2D eigenvalue weighted by atomic mass is 9.94. The van der Waals surface area contributed by atoms with Crippen molar-refractivity contribution in [2.45, 2.75) is 19.4 Å². The molecule has 0 aliphatic rings. The molecule has 21 heavy (non-hydrogen) atoms. The van der Waals surface area contributed by atoms with Crippen LogP contribution < -0.4 is 5.32 Å². The molecule has 0 fully saturated rings. The van der Waals surface area contributed by atoms with Crippen LogP contribution in [0.4, 0.5) is 0 Å². The lowest BCUT2D eigenvalue weighted by Crippen LogP contribution is -2.40. The van der Waals surface area contributed by atoms with Crippen LogP contribution in [0.1, 0.15) is 29.8 Å². The first kappa shape index (κ1) is 16.5. The molecule has 0 atom stereocenters. The minimum Gasteiger partial charge on any atom is -0.343 e. The molecule has 2 aromatic carbocycles. The molecule has 2 rings (SSSR count). The summed E-state index contributed by atoms with van der Waals surface area (Å²) in [7, 11) is 0. The van der Waals surface area contributed by atoms with Crippen molar-refractivity contribution in [3.8, 4) is 0 Å². The molecule has 5 heteroatoms. The van der Waals surface area contributed by atoms with Gasteiger partial charge in [-0.2, -0.15) is 0 Å². The van der Waals surface area contributed by atoms with E-state index >= 15 is 0 Å². The van der Waals surface area contributed by atoms with E-state index in [4.69, 9.17) is 11.6 Å². The molecule has 0 saturated heterocycles. The second-order valence-corrected chi connectivity index (χ2v) is 7.39. The van der Waals surface area contributed by atoms with Crippen LogP contribution in [0.3, 0.4) is 0 Å². The maximum absolute atomic E-state index is 12.4. The minimum atomic E-state index is -0.468. The van der Waals surface area contributed by atoms with Crippen LogP contribution in [0.25, 0.3) is 0 Å². The van der Waals surface area contributed by atoms with E-state index in [1.54, 1.807) is 18.2 Å². The number of nitrogens with one attached hydrogen (secondary N) is 1. The van der Waals surface area contributed by atoms with Gasteiger partial charge in [-0.25, -0.2) is 0 Å². The van der Waals surface area contributed by atoms with E-state index in [2.05, 4.69) is 37.2 Å². The topological polar surface area (TPSA) is 29.1 Å². The number of benzene rings is 2. The second-order valence-electron chi connectivity index (χ2n) is 5.21. The van der Waals surface area contributed by atoms with E-state index in [-0.39, 0.29) is 5.91 Å². The molecule has 0 aliphatic carbocycles. The maximum Gasteiger partial charge on any atom is 0.251 e. The molecule has 1 amide bonds. The number of hydrogen-bond donors (Lipinski definition) is 1. The van der Waals surface area contributed by atoms with Gasteiger partial charge in [0, 0.05) is 14.5 Å². The lowest BCUT2D eigenvalue weighted by molar-refractivity contribution is 0.0912. The van der Waals surface area contributed by atoms with E-state index in [1.165, 1.54) is 0 Å². The number of hydrogen-bond acceptors (Lipinski definition) is 1. The molecule has 0 saturated carbocycles. The average Bonchev–Trinajstić information content (AvgIpc) is 2.41. The molecule has 2 nitrogen and oxygen atoms in total. The molecule has 0 spiro atoms. The van der Waals surface area contributed by atoms with Gasteiger partial charge in [0.25, 0.3) is 5.91 Å². The van der Waals surface area contributed by atoms with Crippen molar-refractivity contribution in [1.82, 2.24) is 5.32 Å². The number of halogens is 3. The summed E-state index contributed by atoms with van der Waals surface area (Å²) in [6, 6.07) is 13.0. The third-order valence-electron chi connectivity index (χ3n) is 3.17. The van der Waals surface area contributed by atoms with Gasteiger partial charge in [0.15, 0.2) is 0 Å². The third-order valence-corrected chi connectivity index (χ3v) is 4.92. The van der Waals surface area contributed by atoms with Crippen molar-refractivity contribution >= 4 is 49.4 Å². The van der Waals surface area contributed by atoms with Crippen LogP contribution in [-0.2, 0) is 5.54 Å². The summed E-state index contributed by atoms with van der Waals surface area (Å²) in [6.07, 6.45) is 0. The van der Waals surface area contributed by atoms with Gasteiger partial charge in [0.05, 0.1) is 10.6 Å². The first-order valence-electron chi connectivity index (χ1n) is 6.33. The molecule has 0 unspecified atom stereocenters. The van der Waals surface area contributed by atoms with E-state index in [0.29, 0.717) is 15.1 Å². The molecule has 1 N–H and O–H groups in total. The molecule has 0 radical (unpaired) electrons. The highest BCUT2D eigenvalue weighted by atomic mass is 79.9. The number of rotatable bonds is 3. The zero-order chi connectivity index (χ0) is 15.6. The fourth-order valence-electron chi connectivity index (χ4n) is 1.93. The standard InChI is InChI=1S/C16H14Br2ClNO/c1-16(2,11-4-6-12(17)7-5-11)20-15(21)10-3-8-14(19)13(18)9-10/h3-9H,1-2H3,(H,20,21). The highest BCUT2D eigenvalue weighted by Crippen LogP contribution is 2.25. The Morgan fingerprint density at radius 1 is 1.10 bits per heavy atom. The van der Waals surface area contributed by atoms with Crippen molar-refractivity contribution in [2.24, 2.45) is 0 Å². The Morgan fingerprint density at radius 2 is 1.71 bits per heavy atom. The van der Waals surface area contributed by atoms with Crippen LogP contribution in [0.5, 0.6) is 0 Å². The van der Waals surface area contributed by atoms with Gasteiger partial charge in [-0.15, -0.1) is 0 Å². The smallest absolute Gasteiger partial charge is 0.251 e. The van der Waals surface area contributed by atoms with Gasteiger partial charge < -0.3 is 5.32 Å². The first-order chi connectivity index (χ1) is 9.79. The highest BCUT2D eigenvalue weighted by molar-refractivity contribution is 9.10. The van der Waals surface area contributed by atoms with Crippen molar-refractivity contribution in [1.29, 1.82) is 0 Å². The van der Waals surface area contributed by atoms with Crippen molar-refractivity contribution < 1.29 is 4.79 Å². The molecule has 0 heterocycles. The Labute approximate surface area is 146 Å². The van der Waals surface area contributed by atoms with Crippen LogP contribution in [-0.4, -0.2) is 5.91 Å². The normalized spacial score (nSPS) is 11.3. The Hall–Kier alpha value is -0.840. The van der Waals surface area contributed by atoms with Crippen LogP contribution in [0.15, 0.2) is 51.4 Å². The number of carbonyl (C=O) groups is 1. The zero-order valence-corrected chi connectivity index (χ0v) is 15.5. The first-order valence-corrected chi connectivity index (χ1v) is 8.29. The van der Waals surface area contributed by atoms with Gasteiger partial charge in [-0.3, -0.25) is 4.79 Å². The van der Waals surface area contributed by atoms with Gasteiger partial charge in [-0.05, 0) is 65.7 Å². The van der Waals surface area contributed by atoms with Crippen molar-refractivity contribution in [3.63, 3.8) is 0 Å². The van der Waals surface area contributed by atoms with E-state index < -0.39 is 5.54 Å². The predicted molar refractivity (Wildman–Crippen MR) is 93.8 cm³/mol. The summed E-state index contributed by atoms with van der Waals surface area (Å²) >= 11 is 12.7. The summed E-state index contributed by atoms with van der Waals surface area (Å²) in [6.45, 7) is 3.94. The summed E-state index contributed by atoms with van der Waals surface area (Å²) < 4.78 is 1.72. The lowest BCUT2D eigenvalue weighted by Gasteiger charge is -2.27. The minimum absolute atomic E-state index is 0.139. The monoisotopic (exact) mass is 429 g/mol. The summed E-state index contributed by atoms with van der Waals surface area (Å²) in [5, 5.41) is 3.62. The van der Waals surface area contributed by atoms with Gasteiger partial charge in [0.2, 0.25) is 0 Å². The molecule has 0 bridgehead atoms. The predicted octanol–water partition coefficient (Wildman–Crippen LogP) is 5.53. The summed E-state index contributed by atoms with van der Waals surface area (Å²) in [5.74, 6) is -0.139. The van der Waals surface area contributed by atoms with Gasteiger partial charge in [0.1, 0.15) is 0 Å². The number of amides is 1. The second kappa shape index (κ2) is 6.51.